The molecule has 0 saturated heterocycles. The summed E-state index contributed by atoms with van der Waals surface area (Å²) in [6.07, 6.45) is 2.27. The molecule has 2 aromatic carbocycles. The highest BCUT2D eigenvalue weighted by Gasteiger charge is 2.04. The van der Waals surface area contributed by atoms with E-state index in [1.165, 1.54) is 7.05 Å². The summed E-state index contributed by atoms with van der Waals surface area (Å²) in [5, 5.41) is 2.53. The summed E-state index contributed by atoms with van der Waals surface area (Å²) in [5.74, 6) is 0.430. The predicted octanol–water partition coefficient (Wildman–Crippen LogP) is 7.36. The zero-order valence-corrected chi connectivity index (χ0v) is 24.0. The minimum atomic E-state index is 0.0652. The van der Waals surface area contributed by atoms with Gasteiger partial charge in [0.05, 0.1) is 0 Å². The molecule has 0 fully saturated rings. The molecule has 0 atom stereocenters. The fourth-order valence-electron chi connectivity index (χ4n) is 2.24. The lowest BCUT2D eigenvalue weighted by molar-refractivity contribution is -0.123. The Bertz CT molecular complexity index is 793. The van der Waals surface area contributed by atoms with Crippen molar-refractivity contribution in [3.63, 3.8) is 0 Å². The smallest absolute Gasteiger partial charge is 0.222 e. The minimum Gasteiger partial charge on any atom is -0.359 e. The maximum absolute atomic E-state index is 11.5. The Morgan fingerprint density at radius 2 is 1.17 bits per heavy atom. The van der Waals surface area contributed by atoms with Crippen molar-refractivity contribution in [1.29, 1.82) is 0 Å². The average molecular weight is 487 g/mol. The molecule has 35 heavy (non-hydrogen) atoms. The van der Waals surface area contributed by atoms with E-state index in [1.807, 2.05) is 104 Å². The van der Waals surface area contributed by atoms with E-state index < -0.39 is 0 Å². The van der Waals surface area contributed by atoms with Crippen LogP contribution in [-0.4, -0.2) is 31.6 Å². The van der Waals surface area contributed by atoms with Crippen molar-refractivity contribution in [1.82, 2.24) is 5.32 Å². The maximum Gasteiger partial charge on any atom is 0.222 e. The summed E-state index contributed by atoms with van der Waals surface area (Å²) >= 11 is 0. The van der Waals surface area contributed by atoms with Gasteiger partial charge in [0.15, 0.2) is 11.6 Å². The zero-order chi connectivity index (χ0) is 28.4. The van der Waals surface area contributed by atoms with Crippen molar-refractivity contribution in [2.24, 2.45) is 11.7 Å². The number of allylic oxidation sites excluding steroid dienone is 1. The highest BCUT2D eigenvalue weighted by molar-refractivity contribution is 5.96. The van der Waals surface area contributed by atoms with Gasteiger partial charge < -0.3 is 11.1 Å². The summed E-state index contributed by atoms with van der Waals surface area (Å²) in [6.45, 7) is 20.4. The highest BCUT2D eigenvalue weighted by Crippen LogP contribution is 2.21. The molecule has 2 aromatic rings. The van der Waals surface area contributed by atoms with Gasteiger partial charge in [-0.1, -0.05) is 103 Å². The van der Waals surface area contributed by atoms with Gasteiger partial charge in [-0.2, -0.15) is 0 Å². The Morgan fingerprint density at radius 3 is 1.37 bits per heavy atom. The molecule has 5 heteroatoms. The molecule has 0 unspecified atom stereocenters. The van der Waals surface area contributed by atoms with Gasteiger partial charge in [-0.05, 0) is 32.0 Å². The van der Waals surface area contributed by atoms with E-state index in [1.54, 1.807) is 20.0 Å². The number of hydrogen-bond acceptors (Lipinski definition) is 4. The van der Waals surface area contributed by atoms with Crippen molar-refractivity contribution in [2.75, 3.05) is 14.1 Å². The first-order valence-corrected chi connectivity index (χ1v) is 12.3. The number of amides is 1. The van der Waals surface area contributed by atoms with E-state index >= 15 is 0 Å². The van der Waals surface area contributed by atoms with Gasteiger partial charge in [0.2, 0.25) is 5.91 Å². The summed E-state index contributed by atoms with van der Waals surface area (Å²) in [7, 11) is 3.14. The van der Waals surface area contributed by atoms with Gasteiger partial charge >= 0.3 is 0 Å². The molecule has 0 heterocycles. The molecule has 0 aliphatic rings. The van der Waals surface area contributed by atoms with Crippen LogP contribution in [0, 0.1) is 5.92 Å². The van der Waals surface area contributed by atoms with Gasteiger partial charge in [-0.25, -0.2) is 0 Å². The van der Waals surface area contributed by atoms with E-state index in [2.05, 4.69) is 17.6 Å². The molecule has 0 aromatic heterocycles. The van der Waals surface area contributed by atoms with Crippen molar-refractivity contribution < 1.29 is 14.4 Å². The summed E-state index contributed by atoms with van der Waals surface area (Å²) in [5.41, 5.74) is 8.04. The number of carbonyl (C=O) groups is 3. The van der Waals surface area contributed by atoms with Crippen molar-refractivity contribution in [2.45, 2.75) is 68.7 Å². The van der Waals surface area contributed by atoms with Crippen LogP contribution in [0.3, 0.4) is 0 Å². The molecule has 0 aliphatic carbocycles. The lowest BCUT2D eigenvalue weighted by Crippen LogP contribution is -2.22. The van der Waals surface area contributed by atoms with Crippen LogP contribution in [0.25, 0.3) is 11.1 Å². The Morgan fingerprint density at radius 1 is 0.857 bits per heavy atom. The molecule has 3 N–H and O–H groups in total. The Balaban J connectivity index is -0.000000251. The predicted molar refractivity (Wildman–Crippen MR) is 154 cm³/mol. The molecule has 0 spiro atoms. The van der Waals surface area contributed by atoms with Crippen LogP contribution < -0.4 is 11.1 Å². The topological polar surface area (TPSA) is 89.3 Å². The third kappa shape index (κ3) is 19.0. The Kier molecular flexibility index (Phi) is 30.4. The van der Waals surface area contributed by atoms with Crippen LogP contribution in [-0.2, 0) is 4.79 Å². The number of rotatable bonds is 5. The van der Waals surface area contributed by atoms with Crippen molar-refractivity contribution in [3.8, 4) is 11.1 Å². The van der Waals surface area contributed by atoms with E-state index in [0.717, 1.165) is 16.7 Å². The van der Waals surface area contributed by atoms with Crippen molar-refractivity contribution in [3.05, 3.63) is 72.3 Å². The number of carbonyl (C=O) groups excluding carboxylic acids is 3. The monoisotopic (exact) mass is 486 g/mol. The summed E-state index contributed by atoms with van der Waals surface area (Å²) < 4.78 is 0. The van der Waals surface area contributed by atoms with Crippen LogP contribution in [0.5, 0.6) is 0 Å². The molecule has 2 rings (SSSR count). The molecule has 0 radical (unpaired) electrons. The lowest BCUT2D eigenvalue weighted by Gasteiger charge is -2.04. The van der Waals surface area contributed by atoms with Crippen LogP contribution in [0.4, 0.5) is 0 Å². The molecule has 198 valence electrons. The molecular formula is C30H50N2O3. The van der Waals surface area contributed by atoms with Gasteiger partial charge in [0.1, 0.15) is 0 Å². The molecule has 5 nitrogen and oxygen atoms in total. The van der Waals surface area contributed by atoms with Crippen LogP contribution in [0.2, 0.25) is 0 Å². The van der Waals surface area contributed by atoms with Gasteiger partial charge in [0, 0.05) is 30.5 Å². The Hall–Kier alpha value is -3.05. The zero-order valence-electron chi connectivity index (χ0n) is 24.0. The quantitative estimate of drug-likeness (QED) is 0.341. The maximum atomic E-state index is 11.5. The third-order valence-electron chi connectivity index (χ3n) is 3.92. The highest BCUT2D eigenvalue weighted by atomic mass is 16.1. The minimum absolute atomic E-state index is 0.0652. The van der Waals surface area contributed by atoms with E-state index in [0.29, 0.717) is 12.0 Å². The first-order valence-electron chi connectivity index (χ1n) is 12.3. The second-order valence-corrected chi connectivity index (χ2v) is 6.66. The van der Waals surface area contributed by atoms with Crippen LogP contribution >= 0.6 is 0 Å². The van der Waals surface area contributed by atoms with Gasteiger partial charge in [-0.3, -0.25) is 14.4 Å². The van der Waals surface area contributed by atoms with Crippen molar-refractivity contribution >= 4 is 17.5 Å². The number of nitrogens with two attached hydrogens (primary N) is 1. The SMILES string of the molecule is C=CC.CC.CC.CCC(=O)c1ccc(-c2ccc(C(C)=O)cc2)cc1.CN.CNC(=O)C(C)C. The second kappa shape index (κ2) is 27.2. The first kappa shape index (κ1) is 39.2. The number of benzene rings is 2. The fourth-order valence-corrected chi connectivity index (χ4v) is 2.24. The second-order valence-electron chi connectivity index (χ2n) is 6.66. The van der Waals surface area contributed by atoms with Gasteiger partial charge in [0.25, 0.3) is 0 Å². The molecule has 1 amide bonds. The number of nitrogens with one attached hydrogen (secondary N) is 1. The van der Waals surface area contributed by atoms with Crippen LogP contribution in [0.15, 0.2) is 61.2 Å². The average Bonchev–Trinajstić information content (AvgIpc) is 2.92. The molecule has 0 saturated carbocycles. The number of ketones is 2. The molecule has 0 aliphatic heterocycles. The number of Topliss-reactive ketones (excluding diaryl/α,β-unsaturated/α-hetero) is 2. The third-order valence-corrected chi connectivity index (χ3v) is 3.92. The summed E-state index contributed by atoms with van der Waals surface area (Å²) in [6, 6.07) is 15.1. The van der Waals surface area contributed by atoms with Gasteiger partial charge in [-0.15, -0.1) is 6.58 Å². The largest absolute Gasteiger partial charge is 0.359 e. The fraction of sp³-hybridized carbons (Fsp3) is 0.433. The standard InChI is InChI=1S/C17H16O2.C5H11NO.C3H6.2C2H6.CH5N/c1-3-17(19)16-10-8-15(9-11-16)14-6-4-13(5-7-14)12(2)18;1-4(2)5(7)6-3;1-3-2;3*1-2/h4-11H,3H2,1-2H3;4H,1-3H3,(H,6,7);3H,1H2,2H3;2*1-2H3;2H2,1H3. The van der Waals surface area contributed by atoms with Crippen LogP contribution in [0.1, 0.15) is 89.5 Å². The number of hydrogen-bond donors (Lipinski definition) is 2. The molecular weight excluding hydrogens is 436 g/mol. The first-order chi connectivity index (χ1) is 16.7. The van der Waals surface area contributed by atoms with E-state index in [-0.39, 0.29) is 23.4 Å². The normalized spacial score (nSPS) is 8.26. The van der Waals surface area contributed by atoms with E-state index in [9.17, 15) is 14.4 Å². The lowest BCUT2D eigenvalue weighted by atomic mass is 10.00. The molecule has 0 bridgehead atoms. The van der Waals surface area contributed by atoms with E-state index in [4.69, 9.17) is 0 Å². The summed E-state index contributed by atoms with van der Waals surface area (Å²) in [4.78, 5) is 33.2. The Labute approximate surface area is 215 Å².